The topological polar surface area (TPSA) is 55.9 Å². The molecular formula is C55H33N5. The van der Waals surface area contributed by atoms with E-state index in [9.17, 15) is 0 Å². The van der Waals surface area contributed by atoms with Crippen molar-refractivity contribution in [3.63, 3.8) is 0 Å². The molecule has 2 heterocycles. The molecule has 0 saturated heterocycles. The molecule has 0 N–H and O–H groups in total. The molecule has 11 aromatic rings. The Labute approximate surface area is 346 Å². The van der Waals surface area contributed by atoms with Gasteiger partial charge in [-0.25, -0.2) is 19.8 Å². The van der Waals surface area contributed by atoms with Crippen LogP contribution in [0.1, 0.15) is 0 Å². The van der Waals surface area contributed by atoms with Crippen LogP contribution in [0, 0.1) is 6.57 Å². The Kier molecular flexibility index (Phi) is 8.46. The van der Waals surface area contributed by atoms with Crippen molar-refractivity contribution in [3.05, 3.63) is 212 Å². The number of benzene rings is 9. The maximum absolute atomic E-state index is 7.42. The van der Waals surface area contributed by atoms with Crippen LogP contribution in [-0.4, -0.2) is 19.9 Å². The third kappa shape index (κ3) is 6.21. The third-order valence-corrected chi connectivity index (χ3v) is 11.3. The first kappa shape index (κ1) is 34.9. The molecule has 278 valence electrons. The van der Waals surface area contributed by atoms with Crippen LogP contribution in [-0.2, 0) is 0 Å². The van der Waals surface area contributed by atoms with Crippen molar-refractivity contribution >= 4 is 48.9 Å². The molecule has 9 aromatic carbocycles. The molecular weight excluding hydrogens is 731 g/mol. The Bertz CT molecular complexity index is 3420. The minimum Gasteiger partial charge on any atom is -0.256 e. The Morgan fingerprint density at radius 3 is 1.55 bits per heavy atom. The summed E-state index contributed by atoms with van der Waals surface area (Å²) in [7, 11) is 0. The van der Waals surface area contributed by atoms with Gasteiger partial charge in [-0.1, -0.05) is 158 Å². The van der Waals surface area contributed by atoms with Crippen LogP contribution in [0.5, 0.6) is 0 Å². The molecule has 0 saturated carbocycles. The Hall–Kier alpha value is -8.33. The van der Waals surface area contributed by atoms with E-state index in [0.29, 0.717) is 23.2 Å². The standard InChI is InChI=1S/C55H33N5/c1-56-44-27-25-35(26-28-44)49-34-50-46-19-9-8-18-45(46)48(33-51(50)47-20-11-29-57-52(47)49)42-24-23-40-30-39(21-22-41(40)31-42)38-16-10-17-43(32-38)55-59-53(36-12-4-2-5-13-36)58-54(60-55)37-14-6-3-7-15-37/h2-34H. The minimum atomic E-state index is 0.624. The molecule has 5 nitrogen and oxygen atoms in total. The maximum Gasteiger partial charge on any atom is 0.187 e. The summed E-state index contributed by atoms with van der Waals surface area (Å²) in [4.78, 5) is 23.3. The molecule has 11 rings (SSSR count). The van der Waals surface area contributed by atoms with Crippen molar-refractivity contribution in [2.45, 2.75) is 0 Å². The summed E-state index contributed by atoms with van der Waals surface area (Å²) in [5, 5.41) is 8.15. The van der Waals surface area contributed by atoms with Gasteiger partial charge in [-0.3, -0.25) is 4.98 Å². The summed E-state index contributed by atoms with van der Waals surface area (Å²) in [6.45, 7) is 7.42. The largest absolute Gasteiger partial charge is 0.256 e. The van der Waals surface area contributed by atoms with Gasteiger partial charge in [0.05, 0.1) is 12.1 Å². The number of hydrogen-bond donors (Lipinski definition) is 0. The van der Waals surface area contributed by atoms with Crippen LogP contribution in [0.2, 0.25) is 0 Å². The summed E-state index contributed by atoms with van der Waals surface area (Å²) < 4.78 is 0. The van der Waals surface area contributed by atoms with Gasteiger partial charge in [0.2, 0.25) is 0 Å². The van der Waals surface area contributed by atoms with Crippen molar-refractivity contribution < 1.29 is 0 Å². The van der Waals surface area contributed by atoms with Crippen molar-refractivity contribution in [3.8, 4) is 67.5 Å². The summed E-state index contributed by atoms with van der Waals surface area (Å²) in [6, 6.07) is 67.3. The number of rotatable bonds is 6. The Balaban J connectivity index is 0.990. The van der Waals surface area contributed by atoms with E-state index in [1.807, 2.05) is 97.2 Å². The van der Waals surface area contributed by atoms with E-state index in [-0.39, 0.29) is 0 Å². The second-order valence-corrected chi connectivity index (χ2v) is 14.9. The number of pyridine rings is 1. The highest BCUT2D eigenvalue weighted by Gasteiger charge is 2.17. The fraction of sp³-hybridized carbons (Fsp3) is 0. The van der Waals surface area contributed by atoms with E-state index in [2.05, 4.69) is 108 Å². The first-order chi connectivity index (χ1) is 29.7. The number of nitrogens with zero attached hydrogens (tertiary/aromatic N) is 5. The molecule has 0 bridgehead atoms. The van der Waals surface area contributed by atoms with E-state index in [1.165, 1.54) is 27.1 Å². The normalized spacial score (nSPS) is 11.3. The lowest BCUT2D eigenvalue weighted by molar-refractivity contribution is 1.07. The van der Waals surface area contributed by atoms with Crippen molar-refractivity contribution in [2.75, 3.05) is 0 Å². The quantitative estimate of drug-likeness (QED) is 0.125. The zero-order valence-corrected chi connectivity index (χ0v) is 32.3. The number of fused-ring (bicyclic) bond motifs is 6. The van der Waals surface area contributed by atoms with Crippen LogP contribution in [0.15, 0.2) is 200 Å². The first-order valence-corrected chi connectivity index (χ1v) is 19.9. The Morgan fingerprint density at radius 2 is 0.850 bits per heavy atom. The van der Waals surface area contributed by atoms with Crippen LogP contribution in [0.25, 0.3) is 116 Å². The zero-order chi connectivity index (χ0) is 40.0. The second kappa shape index (κ2) is 14.6. The van der Waals surface area contributed by atoms with Gasteiger partial charge in [0.1, 0.15) is 0 Å². The molecule has 60 heavy (non-hydrogen) atoms. The summed E-state index contributed by atoms with van der Waals surface area (Å²) in [5.74, 6) is 1.92. The van der Waals surface area contributed by atoms with E-state index in [4.69, 9.17) is 26.5 Å². The van der Waals surface area contributed by atoms with Gasteiger partial charge in [0.15, 0.2) is 23.2 Å². The molecule has 0 radical (unpaired) electrons. The highest BCUT2D eigenvalue weighted by atomic mass is 15.0. The van der Waals surface area contributed by atoms with E-state index in [1.54, 1.807) is 0 Å². The Morgan fingerprint density at radius 1 is 0.333 bits per heavy atom. The summed E-state index contributed by atoms with van der Waals surface area (Å²) >= 11 is 0. The summed E-state index contributed by atoms with van der Waals surface area (Å²) in [5.41, 5.74) is 11.0. The van der Waals surface area contributed by atoms with Gasteiger partial charge < -0.3 is 0 Å². The number of aromatic nitrogens is 4. The van der Waals surface area contributed by atoms with Crippen molar-refractivity contribution in [2.24, 2.45) is 0 Å². The van der Waals surface area contributed by atoms with Crippen molar-refractivity contribution in [1.29, 1.82) is 0 Å². The maximum atomic E-state index is 7.42. The molecule has 0 unspecified atom stereocenters. The fourth-order valence-corrected chi connectivity index (χ4v) is 8.37. The van der Waals surface area contributed by atoms with Gasteiger partial charge >= 0.3 is 0 Å². The fourth-order valence-electron chi connectivity index (χ4n) is 8.37. The molecule has 5 heteroatoms. The average Bonchev–Trinajstić information content (AvgIpc) is 3.33. The van der Waals surface area contributed by atoms with Gasteiger partial charge in [-0.05, 0) is 96.5 Å². The van der Waals surface area contributed by atoms with Gasteiger partial charge in [-0.2, -0.15) is 0 Å². The average molecular weight is 764 g/mol. The van der Waals surface area contributed by atoms with Crippen LogP contribution in [0.4, 0.5) is 5.69 Å². The molecule has 0 aliphatic rings. The van der Waals surface area contributed by atoms with Crippen LogP contribution >= 0.6 is 0 Å². The minimum absolute atomic E-state index is 0.624. The lowest BCUT2D eigenvalue weighted by Gasteiger charge is -2.16. The van der Waals surface area contributed by atoms with E-state index < -0.39 is 0 Å². The van der Waals surface area contributed by atoms with Gasteiger partial charge in [-0.15, -0.1) is 0 Å². The van der Waals surface area contributed by atoms with Crippen molar-refractivity contribution in [1.82, 2.24) is 19.9 Å². The lowest BCUT2D eigenvalue weighted by atomic mass is 9.88. The highest BCUT2D eigenvalue weighted by molar-refractivity contribution is 6.23. The predicted molar refractivity (Wildman–Crippen MR) is 247 cm³/mol. The smallest absolute Gasteiger partial charge is 0.187 e. The van der Waals surface area contributed by atoms with E-state index in [0.717, 1.165) is 66.2 Å². The SMILES string of the molecule is [C-]#[N+]c1ccc(-c2cc3c4ccccc4c(-c4ccc5cc(-c6cccc(-c7nc(-c8ccccc8)nc(-c8ccccc8)n7)c6)ccc5c4)cc3c3cccnc23)cc1. The molecule has 0 aliphatic heterocycles. The predicted octanol–water partition coefficient (Wildman–Crippen LogP) is 14.4. The van der Waals surface area contributed by atoms with Gasteiger partial charge in [0.25, 0.3) is 0 Å². The zero-order valence-electron chi connectivity index (χ0n) is 32.3. The molecule has 0 fully saturated rings. The first-order valence-electron chi connectivity index (χ1n) is 19.9. The number of hydrogen-bond acceptors (Lipinski definition) is 4. The highest BCUT2D eigenvalue weighted by Crippen LogP contribution is 2.42. The molecule has 0 amide bonds. The van der Waals surface area contributed by atoms with Gasteiger partial charge in [0, 0.05) is 33.8 Å². The third-order valence-electron chi connectivity index (χ3n) is 11.3. The monoisotopic (exact) mass is 763 g/mol. The lowest BCUT2D eigenvalue weighted by Crippen LogP contribution is -2.00. The molecule has 0 aliphatic carbocycles. The molecule has 0 spiro atoms. The molecule has 0 atom stereocenters. The summed E-state index contributed by atoms with van der Waals surface area (Å²) in [6.07, 6.45) is 1.86. The molecule has 2 aromatic heterocycles. The van der Waals surface area contributed by atoms with Crippen LogP contribution < -0.4 is 0 Å². The second-order valence-electron chi connectivity index (χ2n) is 14.9. The van der Waals surface area contributed by atoms with E-state index >= 15 is 0 Å². The van der Waals surface area contributed by atoms with Crippen LogP contribution in [0.3, 0.4) is 0 Å².